The lowest BCUT2D eigenvalue weighted by Crippen LogP contribution is -2.20. The maximum absolute atomic E-state index is 11.5. The molecular weight excluding hydrogens is 244 g/mol. The Hall–Kier alpha value is -1.59. The standard InChI is InChI=1S/C14H22N2O3/c1-11(2)9-18-7-8-19-10-14(17)16-13-5-3-12(15)4-6-13/h3-6,11H,7-10,15H2,1-2H3,(H,16,17). The minimum atomic E-state index is -0.186. The second-order valence-corrected chi connectivity index (χ2v) is 4.69. The third-order valence-electron chi connectivity index (χ3n) is 2.25. The molecule has 0 bridgehead atoms. The highest BCUT2D eigenvalue weighted by molar-refractivity contribution is 5.91. The summed E-state index contributed by atoms with van der Waals surface area (Å²) in [4.78, 5) is 11.5. The van der Waals surface area contributed by atoms with E-state index in [1.54, 1.807) is 24.3 Å². The summed E-state index contributed by atoms with van der Waals surface area (Å²) < 4.78 is 10.5. The van der Waals surface area contributed by atoms with E-state index in [9.17, 15) is 4.79 Å². The fourth-order valence-corrected chi connectivity index (χ4v) is 1.37. The summed E-state index contributed by atoms with van der Waals surface area (Å²) >= 11 is 0. The second kappa shape index (κ2) is 8.50. The van der Waals surface area contributed by atoms with Crippen molar-refractivity contribution in [3.8, 4) is 0 Å². The first-order valence-corrected chi connectivity index (χ1v) is 6.39. The first kappa shape index (κ1) is 15.5. The summed E-state index contributed by atoms with van der Waals surface area (Å²) in [5.74, 6) is 0.322. The van der Waals surface area contributed by atoms with E-state index in [1.165, 1.54) is 0 Å². The van der Waals surface area contributed by atoms with Gasteiger partial charge in [-0.3, -0.25) is 4.79 Å². The van der Waals surface area contributed by atoms with Crippen LogP contribution in [-0.2, 0) is 14.3 Å². The molecular formula is C14H22N2O3. The van der Waals surface area contributed by atoms with Gasteiger partial charge in [-0.1, -0.05) is 13.8 Å². The SMILES string of the molecule is CC(C)COCCOCC(=O)Nc1ccc(N)cc1. The topological polar surface area (TPSA) is 73.6 Å². The van der Waals surface area contributed by atoms with Crippen molar-refractivity contribution in [2.45, 2.75) is 13.8 Å². The molecule has 0 saturated heterocycles. The fourth-order valence-electron chi connectivity index (χ4n) is 1.37. The molecule has 0 fully saturated rings. The highest BCUT2D eigenvalue weighted by atomic mass is 16.5. The molecule has 0 saturated carbocycles. The number of nitrogen functional groups attached to an aromatic ring is 1. The van der Waals surface area contributed by atoms with Gasteiger partial charge in [0.1, 0.15) is 6.61 Å². The van der Waals surface area contributed by atoms with Crippen molar-refractivity contribution in [3.05, 3.63) is 24.3 Å². The predicted octanol–water partition coefficient (Wildman–Crippen LogP) is 1.90. The van der Waals surface area contributed by atoms with Gasteiger partial charge in [-0.25, -0.2) is 0 Å². The van der Waals surface area contributed by atoms with E-state index in [4.69, 9.17) is 15.2 Å². The Bertz CT molecular complexity index is 377. The van der Waals surface area contributed by atoms with Crippen molar-refractivity contribution >= 4 is 17.3 Å². The summed E-state index contributed by atoms with van der Waals surface area (Å²) in [6, 6.07) is 6.96. The fraction of sp³-hybridized carbons (Fsp3) is 0.500. The van der Waals surface area contributed by atoms with E-state index in [-0.39, 0.29) is 12.5 Å². The van der Waals surface area contributed by atoms with Crippen LogP contribution in [0, 0.1) is 5.92 Å². The van der Waals surface area contributed by atoms with Crippen LogP contribution in [0.4, 0.5) is 11.4 Å². The van der Waals surface area contributed by atoms with Gasteiger partial charge in [-0.2, -0.15) is 0 Å². The van der Waals surface area contributed by atoms with Crippen molar-refractivity contribution in [1.29, 1.82) is 0 Å². The number of hydrogen-bond acceptors (Lipinski definition) is 4. The third kappa shape index (κ3) is 7.43. The van der Waals surface area contributed by atoms with Gasteiger partial charge >= 0.3 is 0 Å². The van der Waals surface area contributed by atoms with Gasteiger partial charge in [-0.15, -0.1) is 0 Å². The van der Waals surface area contributed by atoms with E-state index < -0.39 is 0 Å². The molecule has 5 heteroatoms. The minimum absolute atomic E-state index is 0.0232. The maximum atomic E-state index is 11.5. The van der Waals surface area contributed by atoms with Crippen molar-refractivity contribution in [2.24, 2.45) is 5.92 Å². The van der Waals surface area contributed by atoms with Crippen molar-refractivity contribution in [3.63, 3.8) is 0 Å². The van der Waals surface area contributed by atoms with Crippen LogP contribution in [0.2, 0.25) is 0 Å². The van der Waals surface area contributed by atoms with E-state index >= 15 is 0 Å². The summed E-state index contributed by atoms with van der Waals surface area (Å²) in [7, 11) is 0. The Morgan fingerprint density at radius 2 is 1.84 bits per heavy atom. The van der Waals surface area contributed by atoms with E-state index in [2.05, 4.69) is 19.2 Å². The Balaban J connectivity index is 2.09. The average Bonchev–Trinajstić information content (AvgIpc) is 2.36. The van der Waals surface area contributed by atoms with Gasteiger partial charge in [0.25, 0.3) is 0 Å². The number of benzene rings is 1. The van der Waals surface area contributed by atoms with E-state index in [1.807, 2.05) is 0 Å². The third-order valence-corrected chi connectivity index (χ3v) is 2.25. The molecule has 1 aromatic carbocycles. The molecule has 5 nitrogen and oxygen atoms in total. The van der Waals surface area contributed by atoms with Crippen molar-refractivity contribution < 1.29 is 14.3 Å². The molecule has 1 amide bonds. The molecule has 3 N–H and O–H groups in total. The predicted molar refractivity (Wildman–Crippen MR) is 76.0 cm³/mol. The molecule has 19 heavy (non-hydrogen) atoms. The number of anilines is 2. The van der Waals surface area contributed by atoms with Crippen molar-refractivity contribution in [2.75, 3.05) is 37.5 Å². The van der Waals surface area contributed by atoms with Gasteiger partial charge in [0.2, 0.25) is 5.91 Å². The number of ether oxygens (including phenoxy) is 2. The average molecular weight is 266 g/mol. The number of nitrogens with one attached hydrogen (secondary N) is 1. The lowest BCUT2D eigenvalue weighted by molar-refractivity contribution is -0.121. The van der Waals surface area contributed by atoms with Gasteiger partial charge in [0.05, 0.1) is 13.2 Å². The number of amides is 1. The van der Waals surface area contributed by atoms with E-state index in [0.29, 0.717) is 37.1 Å². The summed E-state index contributed by atoms with van der Waals surface area (Å²) in [5, 5.41) is 2.72. The Morgan fingerprint density at radius 1 is 1.21 bits per heavy atom. The Morgan fingerprint density at radius 3 is 2.47 bits per heavy atom. The Labute approximate surface area is 114 Å². The molecule has 0 radical (unpaired) electrons. The Kier molecular flexibility index (Phi) is 6.92. The zero-order valence-electron chi connectivity index (χ0n) is 11.5. The number of hydrogen-bond donors (Lipinski definition) is 2. The molecule has 1 rings (SSSR count). The summed E-state index contributed by atoms with van der Waals surface area (Å²) in [5.41, 5.74) is 6.92. The second-order valence-electron chi connectivity index (χ2n) is 4.69. The molecule has 106 valence electrons. The number of rotatable bonds is 8. The summed E-state index contributed by atoms with van der Waals surface area (Å²) in [6.45, 7) is 5.83. The van der Waals surface area contributed by atoms with Crippen LogP contribution in [0.25, 0.3) is 0 Å². The summed E-state index contributed by atoms with van der Waals surface area (Å²) in [6.07, 6.45) is 0. The first-order valence-electron chi connectivity index (χ1n) is 6.39. The minimum Gasteiger partial charge on any atom is -0.399 e. The first-order chi connectivity index (χ1) is 9.08. The maximum Gasteiger partial charge on any atom is 0.250 e. The lowest BCUT2D eigenvalue weighted by atomic mass is 10.2. The molecule has 0 aromatic heterocycles. The lowest BCUT2D eigenvalue weighted by Gasteiger charge is -2.08. The van der Waals surface area contributed by atoms with Gasteiger partial charge in [0, 0.05) is 18.0 Å². The van der Waals surface area contributed by atoms with Crippen LogP contribution in [0.5, 0.6) is 0 Å². The highest BCUT2D eigenvalue weighted by Gasteiger charge is 2.02. The highest BCUT2D eigenvalue weighted by Crippen LogP contribution is 2.10. The molecule has 0 aliphatic heterocycles. The van der Waals surface area contributed by atoms with Crippen molar-refractivity contribution in [1.82, 2.24) is 0 Å². The van der Waals surface area contributed by atoms with E-state index in [0.717, 1.165) is 0 Å². The van der Waals surface area contributed by atoms with Gasteiger partial charge in [0.15, 0.2) is 0 Å². The normalized spacial score (nSPS) is 10.7. The molecule has 0 aliphatic carbocycles. The van der Waals surface area contributed by atoms with Gasteiger partial charge < -0.3 is 20.5 Å². The van der Waals surface area contributed by atoms with Crippen LogP contribution in [0.3, 0.4) is 0 Å². The van der Waals surface area contributed by atoms with Crippen LogP contribution < -0.4 is 11.1 Å². The molecule has 0 unspecified atom stereocenters. The van der Waals surface area contributed by atoms with Crippen LogP contribution in [-0.4, -0.2) is 32.3 Å². The molecule has 0 atom stereocenters. The van der Waals surface area contributed by atoms with Gasteiger partial charge in [-0.05, 0) is 30.2 Å². The number of nitrogens with two attached hydrogens (primary N) is 1. The number of carbonyl (C=O) groups excluding carboxylic acids is 1. The van der Waals surface area contributed by atoms with Crippen LogP contribution in [0.1, 0.15) is 13.8 Å². The molecule has 0 aliphatic rings. The largest absolute Gasteiger partial charge is 0.399 e. The zero-order chi connectivity index (χ0) is 14.1. The van der Waals surface area contributed by atoms with Crippen LogP contribution >= 0.6 is 0 Å². The monoisotopic (exact) mass is 266 g/mol. The molecule has 1 aromatic rings. The molecule has 0 spiro atoms. The smallest absolute Gasteiger partial charge is 0.250 e. The zero-order valence-corrected chi connectivity index (χ0v) is 11.5. The number of carbonyl (C=O) groups is 1. The van der Waals surface area contributed by atoms with Crippen LogP contribution in [0.15, 0.2) is 24.3 Å². The molecule has 0 heterocycles. The quantitative estimate of drug-likeness (QED) is 0.556.